The number of ether oxygens (including phenoxy) is 4. The van der Waals surface area contributed by atoms with Crippen LogP contribution in [-0.2, 0) is 45.4 Å². The first-order valence-electron chi connectivity index (χ1n) is 14.0. The van der Waals surface area contributed by atoms with Gasteiger partial charge in [0.25, 0.3) is 5.92 Å². The summed E-state index contributed by atoms with van der Waals surface area (Å²) in [6.45, 7) is 0.700. The molecule has 0 saturated heterocycles. The molecule has 4 aromatic carbocycles. The van der Waals surface area contributed by atoms with Crippen LogP contribution in [0.25, 0.3) is 0 Å². The summed E-state index contributed by atoms with van der Waals surface area (Å²) < 4.78 is 56.8. The van der Waals surface area contributed by atoms with Crippen molar-refractivity contribution in [3.63, 3.8) is 0 Å². The van der Waals surface area contributed by atoms with Crippen molar-refractivity contribution in [2.45, 2.75) is 57.1 Å². The minimum atomic E-state index is -3.09. The summed E-state index contributed by atoms with van der Waals surface area (Å²) >= 11 is 0. The molecule has 0 aromatic heterocycles. The second-order valence-corrected chi connectivity index (χ2v) is 10.4. The van der Waals surface area contributed by atoms with Gasteiger partial charge >= 0.3 is 0 Å². The Morgan fingerprint density at radius 1 is 0.512 bits per heavy atom. The van der Waals surface area contributed by atoms with Crippen LogP contribution in [0.2, 0.25) is 0 Å². The van der Waals surface area contributed by atoms with Gasteiger partial charge in [-0.25, -0.2) is 8.78 Å². The Morgan fingerprint density at radius 2 is 0.902 bits per heavy atom. The third kappa shape index (κ3) is 8.30. The van der Waals surface area contributed by atoms with Gasteiger partial charge in [0.2, 0.25) is 0 Å². The standard InChI is InChI=1S/C35H36F2O4/c36-35(37)21-32(39-23-28-15-7-2-8-16-28)34(41-25-30-19-11-4-12-20-30)33(40-24-29-17-9-3-10-18-29)31(35)26-38-22-27-13-5-1-6-14-27/h1-20,31-34H,21-26H2/t31?,32-,33+,34+/m0/s1. The monoisotopic (exact) mass is 558 g/mol. The minimum Gasteiger partial charge on any atom is -0.376 e. The fourth-order valence-corrected chi connectivity index (χ4v) is 5.19. The molecule has 1 aliphatic carbocycles. The Kier molecular flexibility index (Phi) is 10.3. The van der Waals surface area contributed by atoms with E-state index in [-0.39, 0.29) is 33.0 Å². The first-order valence-corrected chi connectivity index (χ1v) is 14.0. The van der Waals surface area contributed by atoms with E-state index in [1.54, 1.807) is 0 Å². The van der Waals surface area contributed by atoms with Crippen LogP contribution < -0.4 is 0 Å². The second kappa shape index (κ2) is 14.5. The predicted octanol–water partition coefficient (Wildman–Crippen LogP) is 7.61. The Balaban J connectivity index is 1.39. The maximum atomic E-state index is 16.0. The lowest BCUT2D eigenvalue weighted by Gasteiger charge is -2.46. The van der Waals surface area contributed by atoms with Gasteiger partial charge in [0, 0.05) is 6.42 Å². The van der Waals surface area contributed by atoms with Crippen LogP contribution in [-0.4, -0.2) is 30.8 Å². The highest BCUT2D eigenvalue weighted by atomic mass is 19.3. The maximum absolute atomic E-state index is 16.0. The zero-order valence-corrected chi connectivity index (χ0v) is 23.0. The van der Waals surface area contributed by atoms with E-state index in [1.165, 1.54) is 0 Å². The average Bonchev–Trinajstić information content (AvgIpc) is 3.01. The molecule has 0 amide bonds. The van der Waals surface area contributed by atoms with Gasteiger partial charge in [-0.1, -0.05) is 121 Å². The van der Waals surface area contributed by atoms with Crippen LogP contribution in [0.1, 0.15) is 28.7 Å². The van der Waals surface area contributed by atoms with Gasteiger partial charge < -0.3 is 18.9 Å². The summed E-state index contributed by atoms with van der Waals surface area (Å²) in [5.74, 6) is -4.31. The smallest absolute Gasteiger partial charge is 0.258 e. The number of alkyl halides is 2. The van der Waals surface area contributed by atoms with E-state index >= 15 is 8.78 Å². The van der Waals surface area contributed by atoms with Crippen LogP contribution in [0, 0.1) is 5.92 Å². The SMILES string of the molecule is FC1(F)C[C@H](OCc2ccccc2)[C@@H](OCc2ccccc2)[C@H](OCc2ccccc2)C1COCc1ccccc1. The number of hydrogen-bond acceptors (Lipinski definition) is 4. The van der Waals surface area contributed by atoms with Gasteiger partial charge in [-0.3, -0.25) is 0 Å². The van der Waals surface area contributed by atoms with Crippen molar-refractivity contribution in [3.05, 3.63) is 144 Å². The summed E-state index contributed by atoms with van der Waals surface area (Å²) in [5, 5.41) is 0. The molecule has 4 aromatic rings. The van der Waals surface area contributed by atoms with E-state index in [0.29, 0.717) is 0 Å². The molecule has 1 unspecified atom stereocenters. The lowest BCUT2D eigenvalue weighted by atomic mass is 9.79. The Labute approximate surface area is 240 Å². The van der Waals surface area contributed by atoms with E-state index in [1.807, 2.05) is 121 Å². The highest BCUT2D eigenvalue weighted by Crippen LogP contribution is 2.43. The molecule has 1 fully saturated rings. The third-order valence-electron chi connectivity index (χ3n) is 7.39. The van der Waals surface area contributed by atoms with E-state index in [2.05, 4.69) is 0 Å². The molecule has 0 N–H and O–H groups in total. The van der Waals surface area contributed by atoms with Crippen LogP contribution in [0.15, 0.2) is 121 Å². The topological polar surface area (TPSA) is 36.9 Å². The van der Waals surface area contributed by atoms with Gasteiger partial charge in [-0.05, 0) is 22.3 Å². The van der Waals surface area contributed by atoms with Crippen molar-refractivity contribution in [1.82, 2.24) is 0 Å². The zero-order chi connectivity index (χ0) is 28.3. The average molecular weight is 559 g/mol. The quantitative estimate of drug-likeness (QED) is 0.169. The molecule has 214 valence electrons. The summed E-state index contributed by atoms with van der Waals surface area (Å²) in [5.41, 5.74) is 3.68. The van der Waals surface area contributed by atoms with Crippen molar-refractivity contribution < 1.29 is 27.7 Å². The molecule has 41 heavy (non-hydrogen) atoms. The number of hydrogen-bond donors (Lipinski definition) is 0. The first kappa shape index (κ1) is 29.1. The lowest BCUT2D eigenvalue weighted by molar-refractivity contribution is -0.260. The van der Waals surface area contributed by atoms with E-state index in [9.17, 15) is 0 Å². The largest absolute Gasteiger partial charge is 0.376 e. The maximum Gasteiger partial charge on any atom is 0.258 e. The Hall–Kier alpha value is -3.42. The second-order valence-electron chi connectivity index (χ2n) is 10.4. The van der Waals surface area contributed by atoms with Crippen molar-refractivity contribution in [1.29, 1.82) is 0 Å². The van der Waals surface area contributed by atoms with E-state index in [0.717, 1.165) is 22.3 Å². The van der Waals surface area contributed by atoms with Gasteiger partial charge in [0.05, 0.1) is 51.2 Å². The molecule has 0 radical (unpaired) electrons. The van der Waals surface area contributed by atoms with Crippen molar-refractivity contribution in [3.8, 4) is 0 Å². The summed E-state index contributed by atoms with van der Waals surface area (Å²) in [6.07, 6.45) is -3.05. The van der Waals surface area contributed by atoms with Crippen LogP contribution in [0.3, 0.4) is 0 Å². The zero-order valence-electron chi connectivity index (χ0n) is 23.0. The van der Waals surface area contributed by atoms with E-state index in [4.69, 9.17) is 18.9 Å². The van der Waals surface area contributed by atoms with Crippen molar-refractivity contribution in [2.24, 2.45) is 5.92 Å². The third-order valence-corrected chi connectivity index (χ3v) is 7.39. The van der Waals surface area contributed by atoms with E-state index < -0.39 is 36.6 Å². The fourth-order valence-electron chi connectivity index (χ4n) is 5.19. The van der Waals surface area contributed by atoms with Crippen LogP contribution >= 0.6 is 0 Å². The molecule has 6 heteroatoms. The van der Waals surface area contributed by atoms with Crippen LogP contribution in [0.4, 0.5) is 8.78 Å². The normalized spacial score (nSPS) is 21.9. The summed E-state index contributed by atoms with van der Waals surface area (Å²) in [6, 6.07) is 38.4. The highest BCUT2D eigenvalue weighted by molar-refractivity contribution is 5.16. The molecule has 0 bridgehead atoms. The van der Waals surface area contributed by atoms with Crippen molar-refractivity contribution in [2.75, 3.05) is 6.61 Å². The molecule has 0 aliphatic heterocycles. The summed E-state index contributed by atoms with van der Waals surface area (Å²) in [7, 11) is 0. The molecule has 1 saturated carbocycles. The first-order chi connectivity index (χ1) is 20.1. The van der Waals surface area contributed by atoms with Gasteiger partial charge in [-0.2, -0.15) is 0 Å². The number of benzene rings is 4. The molecule has 4 atom stereocenters. The highest BCUT2D eigenvalue weighted by Gasteiger charge is 2.56. The van der Waals surface area contributed by atoms with Crippen molar-refractivity contribution >= 4 is 0 Å². The molecule has 0 heterocycles. The van der Waals surface area contributed by atoms with Gasteiger partial charge in [0.1, 0.15) is 6.10 Å². The number of rotatable bonds is 13. The Morgan fingerprint density at radius 3 is 1.37 bits per heavy atom. The lowest BCUT2D eigenvalue weighted by Crippen LogP contribution is -2.59. The predicted molar refractivity (Wildman–Crippen MR) is 154 cm³/mol. The van der Waals surface area contributed by atoms with Crippen LogP contribution in [0.5, 0.6) is 0 Å². The molecular weight excluding hydrogens is 522 g/mol. The molecule has 4 nitrogen and oxygen atoms in total. The summed E-state index contributed by atoms with van der Waals surface area (Å²) in [4.78, 5) is 0. The molecule has 1 aliphatic rings. The van der Waals surface area contributed by atoms with Gasteiger partial charge in [-0.15, -0.1) is 0 Å². The van der Waals surface area contributed by atoms with Gasteiger partial charge in [0.15, 0.2) is 0 Å². The fraction of sp³-hybridized carbons (Fsp3) is 0.314. The minimum absolute atomic E-state index is 0.169. The Bertz CT molecular complexity index is 1290. The molecule has 0 spiro atoms. The molecular formula is C35H36F2O4. The number of halogens is 2. The molecule has 5 rings (SSSR count).